The van der Waals surface area contributed by atoms with Gasteiger partial charge < -0.3 is 35.2 Å². The molecule has 1 aliphatic carbocycles. The number of aliphatic hydroxyl groups excluding tert-OH is 1. The molecular formula is C45H62N4O5. The lowest BCUT2D eigenvalue weighted by molar-refractivity contribution is -0.147. The summed E-state index contributed by atoms with van der Waals surface area (Å²) in [7, 11) is 1.38. The van der Waals surface area contributed by atoms with Gasteiger partial charge in [-0.1, -0.05) is 46.6 Å². The first-order valence-electron chi connectivity index (χ1n) is 20.2. The maximum atomic E-state index is 13.6. The highest BCUT2D eigenvalue weighted by Crippen LogP contribution is 2.45. The fourth-order valence-corrected chi connectivity index (χ4v) is 9.39. The second kappa shape index (κ2) is 16.2. The lowest BCUT2D eigenvalue weighted by Crippen LogP contribution is -2.37. The van der Waals surface area contributed by atoms with Crippen LogP contribution in [-0.2, 0) is 25.5 Å². The van der Waals surface area contributed by atoms with Gasteiger partial charge in [-0.25, -0.2) is 0 Å². The third kappa shape index (κ3) is 7.40. The van der Waals surface area contributed by atoms with E-state index in [0.717, 1.165) is 75.9 Å². The summed E-state index contributed by atoms with van der Waals surface area (Å²) in [5.74, 6) is -0.720. The van der Waals surface area contributed by atoms with E-state index in [0.29, 0.717) is 12.3 Å². The lowest BCUT2D eigenvalue weighted by Gasteiger charge is -2.27. The maximum Gasteiger partial charge on any atom is 0.315 e. The minimum atomic E-state index is -1.07. The van der Waals surface area contributed by atoms with Crippen LogP contribution < -0.4 is 21.3 Å². The van der Waals surface area contributed by atoms with Gasteiger partial charge in [0.15, 0.2) is 0 Å². The van der Waals surface area contributed by atoms with Gasteiger partial charge in [-0.2, -0.15) is 0 Å². The predicted octanol–water partition coefficient (Wildman–Crippen LogP) is 6.80. The van der Waals surface area contributed by atoms with Gasteiger partial charge in [0.1, 0.15) is 12.5 Å². The van der Waals surface area contributed by atoms with Crippen LogP contribution in [0.15, 0.2) is 40.4 Å². The summed E-state index contributed by atoms with van der Waals surface area (Å²) < 4.78 is 11.1. The number of aliphatic hydroxyl groups is 1. The van der Waals surface area contributed by atoms with Crippen molar-refractivity contribution in [2.24, 2.45) is 29.6 Å². The molecule has 0 spiro atoms. The molecule has 3 aliphatic heterocycles. The van der Waals surface area contributed by atoms with Crippen LogP contribution in [0.4, 0.5) is 0 Å². The van der Waals surface area contributed by atoms with E-state index >= 15 is 0 Å². The van der Waals surface area contributed by atoms with Crippen molar-refractivity contribution in [1.82, 2.24) is 20.6 Å². The van der Waals surface area contributed by atoms with Crippen molar-refractivity contribution in [3.8, 4) is 0 Å². The van der Waals surface area contributed by atoms with Gasteiger partial charge in [0.05, 0.1) is 19.3 Å². The monoisotopic (exact) mass is 738 g/mol. The average molecular weight is 739 g/mol. The molecule has 2 aromatic rings. The summed E-state index contributed by atoms with van der Waals surface area (Å²) >= 11 is 0. The smallest absolute Gasteiger partial charge is 0.315 e. The second-order valence-corrected chi connectivity index (χ2v) is 16.4. The van der Waals surface area contributed by atoms with E-state index in [-0.39, 0.29) is 42.8 Å². The Kier molecular flexibility index (Phi) is 11.9. The molecule has 5 heterocycles. The van der Waals surface area contributed by atoms with Crippen LogP contribution in [0.5, 0.6) is 0 Å². The third-order valence-electron chi connectivity index (χ3n) is 12.7. The van der Waals surface area contributed by atoms with Crippen LogP contribution in [0.2, 0.25) is 0 Å². The number of carbonyl (C=O) groups excluding carboxylic acids is 2. The van der Waals surface area contributed by atoms with Gasteiger partial charge in [-0.3, -0.25) is 9.59 Å². The fraction of sp³-hybridized carbons (Fsp3) is 0.556. The van der Waals surface area contributed by atoms with E-state index in [1.54, 1.807) is 0 Å². The van der Waals surface area contributed by atoms with Crippen LogP contribution in [-0.4, -0.2) is 46.8 Å². The molecule has 1 saturated heterocycles. The van der Waals surface area contributed by atoms with Crippen molar-refractivity contribution < 1.29 is 24.2 Å². The Morgan fingerprint density at radius 3 is 2.44 bits per heavy atom. The quantitative estimate of drug-likeness (QED) is 0.120. The number of aromatic amines is 2. The molecule has 9 heteroatoms. The van der Waals surface area contributed by atoms with E-state index in [2.05, 4.69) is 94.2 Å². The SMILES string of the molecule is CCc1c2[nH]c(c1C)/C=C1\NC(=C(C)[C@@H]1CC)/C=C1\NC(C3=c4[nH]/c(c(C)c4[C@H](O)[C@@H]3C(=O)OC)=C\2)[C@@H](CCC(=O)OC/C=C(\C)CCCC(C)C)[C@@H]1C. The molecule has 0 aromatic carbocycles. The number of carbonyl (C=O) groups is 2. The number of esters is 2. The average Bonchev–Trinajstić information content (AvgIpc) is 3.87. The van der Waals surface area contributed by atoms with E-state index in [1.807, 2.05) is 13.0 Å². The zero-order valence-electron chi connectivity index (χ0n) is 34.1. The zero-order chi connectivity index (χ0) is 39.0. The molecule has 9 nitrogen and oxygen atoms in total. The first kappa shape index (κ1) is 39.5. The van der Waals surface area contributed by atoms with Crippen molar-refractivity contribution in [2.75, 3.05) is 13.7 Å². The molecule has 4 aliphatic rings. The van der Waals surface area contributed by atoms with Crippen LogP contribution in [0.1, 0.15) is 127 Å². The topological polar surface area (TPSA) is 128 Å². The maximum absolute atomic E-state index is 13.6. The molecule has 1 unspecified atom stereocenters. The Bertz CT molecular complexity index is 2040. The Hall–Kier alpha value is -4.24. The van der Waals surface area contributed by atoms with Crippen LogP contribution >= 0.6 is 0 Å². The molecule has 0 amide bonds. The first-order chi connectivity index (χ1) is 25.8. The van der Waals surface area contributed by atoms with Gasteiger partial charge in [0.25, 0.3) is 0 Å². The Morgan fingerprint density at radius 1 is 1.00 bits per heavy atom. The summed E-state index contributed by atoms with van der Waals surface area (Å²) in [6.45, 7) is 19.8. The summed E-state index contributed by atoms with van der Waals surface area (Å²) in [6, 6.07) is -0.342. The van der Waals surface area contributed by atoms with Crippen LogP contribution in [0, 0.1) is 43.4 Å². The number of methoxy groups -OCH3 is 1. The minimum absolute atomic E-state index is 0.0192. The lowest BCUT2D eigenvalue weighted by atomic mass is 9.80. The summed E-state index contributed by atoms with van der Waals surface area (Å²) in [5, 5.41) is 21.2. The molecule has 6 atom stereocenters. The Morgan fingerprint density at radius 2 is 1.76 bits per heavy atom. The number of fused-ring (bicyclic) bond motifs is 8. The number of rotatable bonds is 12. The number of ether oxygens (including phenoxy) is 2. The Balaban J connectivity index is 1.44. The van der Waals surface area contributed by atoms with Crippen molar-refractivity contribution in [1.29, 1.82) is 0 Å². The molecule has 292 valence electrons. The molecule has 8 bridgehead atoms. The number of aromatic nitrogens is 2. The largest absolute Gasteiger partial charge is 0.468 e. The molecule has 0 saturated carbocycles. The van der Waals surface area contributed by atoms with E-state index in [1.165, 1.54) is 41.5 Å². The van der Waals surface area contributed by atoms with Crippen molar-refractivity contribution in [3.05, 3.63) is 84.7 Å². The Labute approximate surface area is 321 Å². The van der Waals surface area contributed by atoms with Crippen LogP contribution in [0.3, 0.4) is 0 Å². The summed E-state index contributed by atoms with van der Waals surface area (Å²) in [4.78, 5) is 34.2. The highest BCUT2D eigenvalue weighted by Gasteiger charge is 2.49. The molecule has 2 aromatic heterocycles. The second-order valence-electron chi connectivity index (χ2n) is 16.4. The number of allylic oxidation sites excluding steroid dienone is 4. The first-order valence-corrected chi connectivity index (χ1v) is 20.2. The normalized spacial score (nSPS) is 27.2. The van der Waals surface area contributed by atoms with Crippen LogP contribution in [0.25, 0.3) is 17.7 Å². The van der Waals surface area contributed by atoms with Gasteiger partial charge in [-0.15, -0.1) is 0 Å². The van der Waals surface area contributed by atoms with E-state index < -0.39 is 18.0 Å². The zero-order valence-corrected chi connectivity index (χ0v) is 34.1. The minimum Gasteiger partial charge on any atom is -0.468 e. The highest BCUT2D eigenvalue weighted by molar-refractivity contribution is 5.88. The number of H-pyrrole nitrogens is 2. The molecule has 5 N–H and O–H groups in total. The van der Waals surface area contributed by atoms with Crippen molar-refractivity contribution in [3.63, 3.8) is 0 Å². The summed E-state index contributed by atoms with van der Waals surface area (Å²) in [5.41, 5.74) is 12.8. The van der Waals surface area contributed by atoms with Crippen molar-refractivity contribution >= 4 is 29.7 Å². The predicted molar refractivity (Wildman–Crippen MR) is 215 cm³/mol. The standard InChI is InChI=1S/C45H62N4O5/c1-11-29-25(6)32-20-34-27(8)31(16-17-38(50)54-19-18-24(5)15-13-14-23(3)4)42(48-34)40-41(45(52)53-10)44(51)39-28(9)35(49-43(39)40)22-37-30(12-2)26(7)33(47-37)21-36(29)46-32/h18,20-23,27,29,31,41-42,44,46-49,51H,11-17,19H2,1-10H3/b24-18+,34-20-,35-22-,36-21-/t27-,29-,31-,41+,42?,44-/m0/s1. The summed E-state index contributed by atoms with van der Waals surface area (Å²) in [6.07, 6.45) is 13.5. The molecule has 0 radical (unpaired) electrons. The number of nitrogens with one attached hydrogen (secondary N) is 4. The van der Waals surface area contributed by atoms with Gasteiger partial charge in [0, 0.05) is 63.0 Å². The van der Waals surface area contributed by atoms with E-state index in [9.17, 15) is 14.7 Å². The third-order valence-corrected chi connectivity index (χ3v) is 12.7. The molecule has 6 rings (SSSR count). The van der Waals surface area contributed by atoms with E-state index in [4.69, 9.17) is 9.47 Å². The highest BCUT2D eigenvalue weighted by atomic mass is 16.5. The number of hydrogen-bond acceptors (Lipinski definition) is 7. The molecular weight excluding hydrogens is 677 g/mol. The van der Waals surface area contributed by atoms with Gasteiger partial charge in [-0.05, 0) is 124 Å². The van der Waals surface area contributed by atoms with Gasteiger partial charge >= 0.3 is 11.9 Å². The molecule has 1 fully saturated rings. The fourth-order valence-electron chi connectivity index (χ4n) is 9.39. The number of hydrogen-bond donors (Lipinski definition) is 5. The molecule has 54 heavy (non-hydrogen) atoms. The van der Waals surface area contributed by atoms with Crippen molar-refractivity contribution in [2.45, 2.75) is 119 Å². The van der Waals surface area contributed by atoms with Gasteiger partial charge in [0.2, 0.25) is 0 Å².